The topological polar surface area (TPSA) is 251 Å². The number of aliphatic hydroxyl groups excluding tert-OH is 1. The second-order valence-electron chi connectivity index (χ2n) is 12.1. The van der Waals surface area contributed by atoms with Crippen molar-refractivity contribution in [3.63, 3.8) is 0 Å². The van der Waals surface area contributed by atoms with Gasteiger partial charge in [-0.15, -0.1) is 0 Å². The second kappa shape index (κ2) is 13.2. The van der Waals surface area contributed by atoms with Gasteiger partial charge in [-0.1, -0.05) is 6.07 Å². The number of likely N-dealkylation sites (N-methyl/N-ethyl adjacent to an activating group) is 1. The molecule has 1 aromatic rings. The number of carboxylic acids is 1. The Labute approximate surface area is 278 Å². The molecule has 49 heavy (non-hydrogen) atoms. The molecule has 1 fully saturated rings. The summed E-state index contributed by atoms with van der Waals surface area (Å²) in [5, 5.41) is 39.6. The van der Waals surface area contributed by atoms with E-state index in [-0.39, 0.29) is 18.2 Å². The summed E-state index contributed by atoms with van der Waals surface area (Å²) in [7, 11) is 3.41. The van der Waals surface area contributed by atoms with Crippen LogP contribution in [0.1, 0.15) is 44.2 Å². The van der Waals surface area contributed by atoms with Crippen LogP contribution in [0.5, 0.6) is 11.5 Å². The summed E-state index contributed by atoms with van der Waals surface area (Å²) in [5.41, 5.74) is -0.587. The molecule has 1 aromatic carbocycles. The molecule has 8 atom stereocenters. The van der Waals surface area contributed by atoms with Crippen molar-refractivity contribution in [3.8, 4) is 11.5 Å². The lowest BCUT2D eigenvalue weighted by atomic mass is 9.50. The van der Waals surface area contributed by atoms with Crippen molar-refractivity contribution in [3.05, 3.63) is 35.1 Å². The van der Waals surface area contributed by atoms with Crippen molar-refractivity contribution in [2.75, 3.05) is 20.7 Å². The lowest BCUT2D eigenvalue weighted by molar-refractivity contribution is -0.199. The maximum absolute atomic E-state index is 13.4. The first-order valence-electron chi connectivity index (χ1n) is 15.2. The molecule has 0 unspecified atom stereocenters. The zero-order chi connectivity index (χ0) is 36.0. The van der Waals surface area contributed by atoms with Crippen molar-refractivity contribution in [2.24, 2.45) is 0 Å². The lowest BCUT2D eigenvalue weighted by Gasteiger charge is -2.61. The molecule has 0 amide bonds. The number of aliphatic carboxylic acids is 1. The zero-order valence-electron chi connectivity index (χ0n) is 26.8. The fourth-order valence-electron chi connectivity index (χ4n) is 7.04. The highest BCUT2D eigenvalue weighted by molar-refractivity contribution is 5.88. The fraction of sp³-hybridized carbons (Fsp3) is 0.548. The number of piperidine rings is 1. The predicted octanol–water partition coefficient (Wildman–Crippen LogP) is -0.221. The number of nitrogens with zero attached hydrogens (tertiary/aromatic N) is 1. The number of rotatable bonds is 12. The van der Waals surface area contributed by atoms with E-state index < -0.39 is 84.1 Å². The van der Waals surface area contributed by atoms with Crippen molar-refractivity contribution < 1.29 is 82.4 Å². The van der Waals surface area contributed by atoms with E-state index in [9.17, 15) is 39.0 Å². The predicted molar refractivity (Wildman–Crippen MR) is 156 cm³/mol. The maximum Gasteiger partial charge on any atom is 0.509 e. The second-order valence-corrected chi connectivity index (χ2v) is 12.1. The molecule has 0 saturated carbocycles. The van der Waals surface area contributed by atoms with E-state index in [1.807, 2.05) is 13.1 Å². The van der Waals surface area contributed by atoms with Gasteiger partial charge in [0.1, 0.15) is 11.9 Å². The summed E-state index contributed by atoms with van der Waals surface area (Å²) in [6.07, 6.45) is -9.74. The molecule has 18 nitrogen and oxygen atoms in total. The van der Waals surface area contributed by atoms with Gasteiger partial charge in [-0.05, 0) is 58.0 Å². The largest absolute Gasteiger partial charge is 0.509 e. The van der Waals surface area contributed by atoms with E-state index in [1.165, 1.54) is 13.2 Å². The van der Waals surface area contributed by atoms with E-state index in [2.05, 4.69) is 14.4 Å². The van der Waals surface area contributed by atoms with Crippen LogP contribution in [-0.2, 0) is 59.5 Å². The number of hydrogen-bond acceptors (Lipinski definition) is 16. The van der Waals surface area contributed by atoms with Gasteiger partial charge in [-0.3, -0.25) is 4.79 Å². The van der Waals surface area contributed by atoms with Crippen molar-refractivity contribution in [1.82, 2.24) is 4.90 Å². The van der Waals surface area contributed by atoms with Crippen LogP contribution in [0.4, 0.5) is 4.79 Å². The zero-order valence-corrected chi connectivity index (χ0v) is 26.8. The summed E-state index contributed by atoms with van der Waals surface area (Å²) in [6.45, 7) is 2.56. The molecule has 1 saturated heterocycles. The maximum atomic E-state index is 13.4. The van der Waals surface area contributed by atoms with Crippen LogP contribution in [0.2, 0.25) is 0 Å². The van der Waals surface area contributed by atoms with E-state index in [1.54, 1.807) is 6.07 Å². The van der Waals surface area contributed by atoms with E-state index in [0.717, 1.165) is 25.0 Å². The highest BCUT2D eigenvalue weighted by Gasteiger charge is 2.72. The Balaban J connectivity index is 1.35. The van der Waals surface area contributed by atoms with Crippen LogP contribution in [-0.4, -0.2) is 124 Å². The smallest absolute Gasteiger partial charge is 0.493 e. The number of benzene rings is 1. The van der Waals surface area contributed by atoms with Gasteiger partial charge in [0.2, 0.25) is 6.10 Å². The molecular weight excluding hydrogens is 658 g/mol. The van der Waals surface area contributed by atoms with Crippen LogP contribution in [0, 0.1) is 0 Å². The van der Waals surface area contributed by atoms with E-state index >= 15 is 0 Å². The molecule has 0 aromatic heterocycles. The Kier molecular flexibility index (Phi) is 9.50. The minimum Gasteiger partial charge on any atom is -0.493 e. The summed E-state index contributed by atoms with van der Waals surface area (Å²) in [4.78, 5) is 74.8. The van der Waals surface area contributed by atoms with Crippen LogP contribution < -0.4 is 9.47 Å². The van der Waals surface area contributed by atoms with E-state index in [0.29, 0.717) is 30.9 Å². The standard InChI is InChI=1S/C31H35NO17/c1-13(33)25(37)46-18(27(39)44-14(2)26(38)48-28(24(35)36)49-29(40)41)12-20(34)45-17-7-8-31(42)19-11-15-5-6-16(43-4)22-21(15)30(31,23(17)47-22)9-10-32(19)3/h5-7,13-14,18-19,23,28,33,42H,8-12H2,1-4H3,(H,35,36)(H,40,41)/t13-,14-,18-,19-,23+,28+,30+,31-/m0/s1. The minimum absolute atomic E-state index is 0.0353. The Morgan fingerprint density at radius 2 is 1.73 bits per heavy atom. The average molecular weight is 694 g/mol. The van der Waals surface area contributed by atoms with Gasteiger partial charge in [-0.25, -0.2) is 24.0 Å². The average Bonchev–Trinajstić information content (AvgIpc) is 3.39. The van der Waals surface area contributed by atoms with Crippen LogP contribution in [0.3, 0.4) is 0 Å². The van der Waals surface area contributed by atoms with Crippen molar-refractivity contribution >= 4 is 36.0 Å². The Hall–Kier alpha value is -4.94. The number of likely N-dealkylation sites (tertiary alicyclic amines) is 1. The number of methoxy groups -OCH3 is 1. The van der Waals surface area contributed by atoms with Gasteiger partial charge < -0.3 is 58.5 Å². The molecule has 4 aliphatic rings. The number of aliphatic hydroxyl groups is 2. The molecule has 18 heteroatoms. The SMILES string of the molecule is COc1ccc2c3c1O[C@@H]1C(OC(=O)C[C@H](OC(=O)[C@H](C)O)C(=O)O[C@@H](C)C(=O)O[C@H](OC(=O)O)C(=O)O)=CC[C@]4(O)[C@H](C2)N(C)CC[C@@]314. The third-order valence-corrected chi connectivity index (χ3v) is 9.26. The summed E-state index contributed by atoms with van der Waals surface area (Å²) >= 11 is 0. The number of hydrogen-bond donors (Lipinski definition) is 4. The number of carboxylic acid groups (broad SMARTS) is 2. The number of carbonyl (C=O) groups excluding carboxylic acids is 4. The van der Waals surface area contributed by atoms with Gasteiger partial charge in [0.05, 0.1) is 24.5 Å². The van der Waals surface area contributed by atoms with Gasteiger partial charge in [0.15, 0.2) is 23.7 Å². The van der Waals surface area contributed by atoms with Gasteiger partial charge in [0, 0.05) is 18.0 Å². The van der Waals surface area contributed by atoms with E-state index in [4.69, 9.17) is 33.9 Å². The number of ether oxygens (including phenoxy) is 7. The summed E-state index contributed by atoms with van der Waals surface area (Å²) < 4.78 is 35.9. The third-order valence-electron chi connectivity index (χ3n) is 9.26. The van der Waals surface area contributed by atoms with Crippen LogP contribution >= 0.6 is 0 Å². The normalized spacial score (nSPS) is 27.0. The molecule has 4 N–H and O–H groups in total. The first-order valence-corrected chi connectivity index (χ1v) is 15.2. The molecule has 5 rings (SSSR count). The monoisotopic (exact) mass is 693 g/mol. The Morgan fingerprint density at radius 3 is 2.37 bits per heavy atom. The van der Waals surface area contributed by atoms with Crippen molar-refractivity contribution in [1.29, 1.82) is 0 Å². The molecule has 0 radical (unpaired) electrons. The molecule has 266 valence electrons. The highest BCUT2D eigenvalue weighted by atomic mass is 16.8. The molecule has 2 heterocycles. The van der Waals surface area contributed by atoms with Gasteiger partial charge >= 0.3 is 42.3 Å². The van der Waals surface area contributed by atoms with Crippen LogP contribution in [0.15, 0.2) is 24.0 Å². The molecule has 2 bridgehead atoms. The quantitative estimate of drug-likeness (QED) is 0.125. The molecule has 1 spiro atoms. The fourth-order valence-corrected chi connectivity index (χ4v) is 7.04. The number of esters is 4. The van der Waals surface area contributed by atoms with Gasteiger partial charge in [0.25, 0.3) is 0 Å². The van der Waals surface area contributed by atoms with Gasteiger partial charge in [-0.2, -0.15) is 0 Å². The summed E-state index contributed by atoms with van der Waals surface area (Å²) in [6, 6.07) is 3.41. The van der Waals surface area contributed by atoms with Crippen LogP contribution in [0.25, 0.3) is 0 Å². The first-order chi connectivity index (χ1) is 23.0. The minimum atomic E-state index is -2.59. The third kappa shape index (κ3) is 6.10. The summed E-state index contributed by atoms with van der Waals surface area (Å²) in [5.74, 6) is -6.59. The first kappa shape index (κ1) is 35.4. The van der Waals surface area contributed by atoms with Crippen molar-refractivity contribution in [2.45, 2.75) is 87.3 Å². The lowest BCUT2D eigenvalue weighted by Crippen LogP contribution is -2.74. The molecule has 2 aliphatic carbocycles. The Bertz CT molecular complexity index is 1600. The highest BCUT2D eigenvalue weighted by Crippen LogP contribution is 2.65. The molecule has 2 aliphatic heterocycles. The number of carbonyl (C=O) groups is 6. The Morgan fingerprint density at radius 1 is 1.02 bits per heavy atom. The molecular formula is C31H35NO17.